The standard InChI is InChI=1S/C17H17N3/c18-10-13-6-8-15(9-7-13)17(16(11-19)12-20)14-4-2-1-3-5-14/h6-9,14,16-17H,1-5H2. The molecule has 1 saturated carbocycles. The molecule has 0 bridgehead atoms. The Hall–Kier alpha value is -2.31. The first-order valence-electron chi connectivity index (χ1n) is 7.09. The quantitative estimate of drug-likeness (QED) is 0.830. The second kappa shape index (κ2) is 6.74. The summed E-state index contributed by atoms with van der Waals surface area (Å²) < 4.78 is 0. The second-order valence-corrected chi connectivity index (χ2v) is 5.39. The molecule has 20 heavy (non-hydrogen) atoms. The van der Waals surface area contributed by atoms with Crippen molar-refractivity contribution in [3.05, 3.63) is 35.4 Å². The van der Waals surface area contributed by atoms with Crippen LogP contribution in [-0.2, 0) is 0 Å². The minimum absolute atomic E-state index is 0.0296. The van der Waals surface area contributed by atoms with Gasteiger partial charge in [-0.2, -0.15) is 15.8 Å². The molecular weight excluding hydrogens is 246 g/mol. The molecule has 1 aliphatic rings. The van der Waals surface area contributed by atoms with Crippen LogP contribution < -0.4 is 0 Å². The molecule has 1 atom stereocenters. The van der Waals surface area contributed by atoms with E-state index in [0.717, 1.165) is 18.4 Å². The van der Waals surface area contributed by atoms with Crippen molar-refractivity contribution < 1.29 is 0 Å². The summed E-state index contributed by atoms with van der Waals surface area (Å²) in [6, 6.07) is 13.8. The predicted molar refractivity (Wildman–Crippen MR) is 75.2 cm³/mol. The Morgan fingerprint density at radius 1 is 0.900 bits per heavy atom. The number of hydrogen-bond donors (Lipinski definition) is 0. The van der Waals surface area contributed by atoms with Gasteiger partial charge in [0.25, 0.3) is 0 Å². The lowest BCUT2D eigenvalue weighted by atomic mass is 9.71. The molecule has 0 aromatic heterocycles. The highest BCUT2D eigenvalue weighted by molar-refractivity contribution is 5.35. The Morgan fingerprint density at radius 3 is 2.00 bits per heavy atom. The topological polar surface area (TPSA) is 71.4 Å². The third-order valence-electron chi connectivity index (χ3n) is 4.22. The minimum atomic E-state index is -0.606. The van der Waals surface area contributed by atoms with Crippen molar-refractivity contribution in [1.82, 2.24) is 0 Å². The number of nitrogens with zero attached hydrogens (tertiary/aromatic N) is 3. The molecule has 0 spiro atoms. The average molecular weight is 263 g/mol. The van der Waals surface area contributed by atoms with Crippen LogP contribution in [0.3, 0.4) is 0 Å². The van der Waals surface area contributed by atoms with Gasteiger partial charge in [-0.05, 0) is 36.5 Å². The minimum Gasteiger partial charge on any atom is -0.197 e. The second-order valence-electron chi connectivity index (χ2n) is 5.39. The molecule has 0 amide bonds. The largest absolute Gasteiger partial charge is 0.197 e. The highest BCUT2D eigenvalue weighted by Gasteiger charge is 2.32. The van der Waals surface area contributed by atoms with E-state index in [2.05, 4.69) is 18.2 Å². The Kier molecular flexibility index (Phi) is 4.75. The van der Waals surface area contributed by atoms with Crippen molar-refractivity contribution in [3.8, 4) is 18.2 Å². The number of hydrogen-bond acceptors (Lipinski definition) is 3. The fourth-order valence-corrected chi connectivity index (χ4v) is 3.20. The van der Waals surface area contributed by atoms with Crippen LogP contribution in [0.5, 0.6) is 0 Å². The Labute approximate surface area is 120 Å². The first-order valence-corrected chi connectivity index (χ1v) is 7.09. The van der Waals surface area contributed by atoms with E-state index in [0.29, 0.717) is 11.5 Å². The summed E-state index contributed by atoms with van der Waals surface area (Å²) >= 11 is 0. The Morgan fingerprint density at radius 2 is 1.50 bits per heavy atom. The lowest BCUT2D eigenvalue weighted by molar-refractivity contribution is 0.287. The molecule has 0 saturated heterocycles. The highest BCUT2D eigenvalue weighted by Crippen LogP contribution is 2.40. The summed E-state index contributed by atoms with van der Waals surface area (Å²) in [5.74, 6) is -0.231. The molecule has 0 N–H and O–H groups in total. The number of rotatable bonds is 3. The predicted octanol–water partition coefficient (Wildman–Crippen LogP) is 3.89. The Balaban J connectivity index is 2.32. The zero-order valence-electron chi connectivity index (χ0n) is 11.4. The lowest BCUT2D eigenvalue weighted by Crippen LogP contribution is -2.22. The van der Waals surface area contributed by atoms with E-state index in [-0.39, 0.29) is 5.92 Å². The van der Waals surface area contributed by atoms with Crippen LogP contribution in [0.1, 0.15) is 49.1 Å². The monoisotopic (exact) mass is 263 g/mol. The maximum absolute atomic E-state index is 9.26. The van der Waals surface area contributed by atoms with Crippen LogP contribution in [0, 0.1) is 45.8 Å². The molecule has 1 aromatic rings. The maximum Gasteiger partial charge on any atom is 0.140 e. The van der Waals surface area contributed by atoms with Gasteiger partial charge in [0.2, 0.25) is 0 Å². The molecule has 0 radical (unpaired) electrons. The van der Waals surface area contributed by atoms with Crippen molar-refractivity contribution in [1.29, 1.82) is 15.8 Å². The van der Waals surface area contributed by atoms with E-state index in [1.54, 1.807) is 12.1 Å². The summed E-state index contributed by atoms with van der Waals surface area (Å²) in [4.78, 5) is 0. The van der Waals surface area contributed by atoms with Gasteiger partial charge in [-0.15, -0.1) is 0 Å². The lowest BCUT2D eigenvalue weighted by Gasteiger charge is -2.31. The van der Waals surface area contributed by atoms with E-state index < -0.39 is 5.92 Å². The molecule has 1 aliphatic carbocycles. The van der Waals surface area contributed by atoms with Crippen LogP contribution in [0.2, 0.25) is 0 Å². The summed E-state index contributed by atoms with van der Waals surface area (Å²) in [6.45, 7) is 0. The third-order valence-corrected chi connectivity index (χ3v) is 4.22. The van der Waals surface area contributed by atoms with Crippen LogP contribution >= 0.6 is 0 Å². The van der Waals surface area contributed by atoms with E-state index in [4.69, 9.17) is 5.26 Å². The van der Waals surface area contributed by atoms with Gasteiger partial charge in [0.05, 0.1) is 23.8 Å². The van der Waals surface area contributed by atoms with E-state index in [9.17, 15) is 10.5 Å². The Bertz CT molecular complexity index is 548. The van der Waals surface area contributed by atoms with Gasteiger partial charge in [0, 0.05) is 5.92 Å². The zero-order valence-corrected chi connectivity index (χ0v) is 11.4. The van der Waals surface area contributed by atoms with Crippen LogP contribution in [-0.4, -0.2) is 0 Å². The zero-order chi connectivity index (χ0) is 14.4. The fourth-order valence-electron chi connectivity index (χ4n) is 3.20. The average Bonchev–Trinajstić information content (AvgIpc) is 2.53. The summed E-state index contributed by atoms with van der Waals surface area (Å²) in [5, 5.41) is 27.4. The molecule has 3 nitrogen and oxygen atoms in total. The van der Waals surface area contributed by atoms with Crippen molar-refractivity contribution >= 4 is 0 Å². The molecule has 2 rings (SSSR count). The smallest absolute Gasteiger partial charge is 0.140 e. The van der Waals surface area contributed by atoms with Crippen LogP contribution in [0.25, 0.3) is 0 Å². The molecule has 100 valence electrons. The van der Waals surface area contributed by atoms with Gasteiger partial charge in [-0.25, -0.2) is 0 Å². The maximum atomic E-state index is 9.26. The number of nitriles is 3. The summed E-state index contributed by atoms with van der Waals surface area (Å²) in [6.07, 6.45) is 5.79. The summed E-state index contributed by atoms with van der Waals surface area (Å²) in [7, 11) is 0. The third kappa shape index (κ3) is 2.98. The first kappa shape index (κ1) is 14.1. The molecular formula is C17H17N3. The van der Waals surface area contributed by atoms with Crippen LogP contribution in [0.15, 0.2) is 24.3 Å². The van der Waals surface area contributed by atoms with Crippen molar-refractivity contribution in [2.75, 3.05) is 0 Å². The molecule has 0 heterocycles. The van der Waals surface area contributed by atoms with Gasteiger partial charge < -0.3 is 0 Å². The molecule has 1 unspecified atom stereocenters. The van der Waals surface area contributed by atoms with Gasteiger partial charge in [0.15, 0.2) is 0 Å². The fraction of sp³-hybridized carbons (Fsp3) is 0.471. The van der Waals surface area contributed by atoms with E-state index in [1.165, 1.54) is 19.3 Å². The molecule has 0 aliphatic heterocycles. The van der Waals surface area contributed by atoms with Crippen molar-refractivity contribution in [2.24, 2.45) is 11.8 Å². The van der Waals surface area contributed by atoms with Gasteiger partial charge >= 0.3 is 0 Å². The van der Waals surface area contributed by atoms with Gasteiger partial charge in [-0.1, -0.05) is 31.4 Å². The van der Waals surface area contributed by atoms with E-state index in [1.807, 2.05) is 12.1 Å². The first-order chi connectivity index (χ1) is 9.80. The molecule has 3 heteroatoms. The number of benzene rings is 1. The molecule has 1 fully saturated rings. The molecule has 1 aromatic carbocycles. The normalized spacial score (nSPS) is 16.9. The summed E-state index contributed by atoms with van der Waals surface area (Å²) in [5.41, 5.74) is 1.63. The van der Waals surface area contributed by atoms with Crippen LogP contribution in [0.4, 0.5) is 0 Å². The van der Waals surface area contributed by atoms with Gasteiger partial charge in [0.1, 0.15) is 5.92 Å². The van der Waals surface area contributed by atoms with Gasteiger partial charge in [-0.3, -0.25) is 0 Å². The highest BCUT2D eigenvalue weighted by atomic mass is 14.4. The van der Waals surface area contributed by atoms with E-state index >= 15 is 0 Å². The van der Waals surface area contributed by atoms with Crippen molar-refractivity contribution in [2.45, 2.75) is 38.0 Å². The van der Waals surface area contributed by atoms with Crippen molar-refractivity contribution in [3.63, 3.8) is 0 Å². The SMILES string of the molecule is N#Cc1ccc(C(C(C#N)C#N)C2CCCCC2)cc1.